The average molecular weight is 211 g/mol. The summed E-state index contributed by atoms with van der Waals surface area (Å²) in [5.74, 6) is 0.247. The van der Waals surface area contributed by atoms with E-state index >= 15 is 0 Å². The van der Waals surface area contributed by atoms with Gasteiger partial charge in [0, 0.05) is 10.9 Å². The maximum absolute atomic E-state index is 9.22. The van der Waals surface area contributed by atoms with Crippen LogP contribution >= 0.6 is 0 Å². The average Bonchev–Trinajstić information content (AvgIpc) is 2.74. The standard InChI is InChI=1S/C13H9NO2/c15-10-7-5-9(6-8-10)13-11-3-1-2-4-12(11)16-14-13/h1-8,15H. The van der Waals surface area contributed by atoms with Crippen molar-refractivity contribution in [3.8, 4) is 17.0 Å². The molecule has 78 valence electrons. The number of phenolic OH excluding ortho intramolecular Hbond substituents is 1. The lowest BCUT2D eigenvalue weighted by molar-refractivity contribution is 0.459. The van der Waals surface area contributed by atoms with Crippen LogP contribution in [0.5, 0.6) is 5.75 Å². The number of phenols is 1. The van der Waals surface area contributed by atoms with Gasteiger partial charge in [-0.3, -0.25) is 0 Å². The van der Waals surface area contributed by atoms with Gasteiger partial charge >= 0.3 is 0 Å². The first-order valence-electron chi connectivity index (χ1n) is 4.98. The highest BCUT2D eigenvalue weighted by molar-refractivity contribution is 5.91. The number of benzene rings is 2. The number of aromatic nitrogens is 1. The smallest absolute Gasteiger partial charge is 0.167 e. The van der Waals surface area contributed by atoms with Crippen LogP contribution in [0, 0.1) is 0 Å². The van der Waals surface area contributed by atoms with Crippen LogP contribution in [0.2, 0.25) is 0 Å². The minimum atomic E-state index is 0.247. The van der Waals surface area contributed by atoms with E-state index in [4.69, 9.17) is 4.52 Å². The Labute approximate surface area is 91.9 Å². The SMILES string of the molecule is Oc1ccc(-c2noc3ccccc23)cc1. The first-order valence-corrected chi connectivity index (χ1v) is 4.98. The molecular formula is C13H9NO2. The van der Waals surface area contributed by atoms with Crippen molar-refractivity contribution >= 4 is 11.0 Å². The predicted octanol–water partition coefficient (Wildman–Crippen LogP) is 3.20. The van der Waals surface area contributed by atoms with Crippen LogP contribution < -0.4 is 0 Å². The fraction of sp³-hybridized carbons (Fsp3) is 0. The Kier molecular flexibility index (Phi) is 1.90. The van der Waals surface area contributed by atoms with Gasteiger partial charge in [-0.25, -0.2) is 0 Å². The highest BCUT2D eigenvalue weighted by Gasteiger charge is 2.08. The number of fused-ring (bicyclic) bond motifs is 1. The number of para-hydroxylation sites is 1. The van der Waals surface area contributed by atoms with Crippen molar-refractivity contribution in [1.29, 1.82) is 0 Å². The van der Waals surface area contributed by atoms with Gasteiger partial charge < -0.3 is 9.63 Å². The topological polar surface area (TPSA) is 46.3 Å². The Morgan fingerprint density at radius 2 is 1.69 bits per heavy atom. The highest BCUT2D eigenvalue weighted by Crippen LogP contribution is 2.28. The van der Waals surface area contributed by atoms with Gasteiger partial charge in [-0.1, -0.05) is 17.3 Å². The summed E-state index contributed by atoms with van der Waals surface area (Å²) in [6.07, 6.45) is 0. The Bertz CT molecular complexity index is 626. The van der Waals surface area contributed by atoms with Crippen LogP contribution in [0.25, 0.3) is 22.2 Å². The number of hydrogen-bond donors (Lipinski definition) is 1. The summed E-state index contributed by atoms with van der Waals surface area (Å²) in [5, 5.41) is 14.2. The molecule has 0 spiro atoms. The molecule has 0 unspecified atom stereocenters. The summed E-state index contributed by atoms with van der Waals surface area (Å²) in [4.78, 5) is 0. The van der Waals surface area contributed by atoms with Crippen LogP contribution in [-0.2, 0) is 0 Å². The van der Waals surface area contributed by atoms with E-state index in [1.165, 1.54) is 0 Å². The van der Waals surface area contributed by atoms with Crippen molar-refractivity contribution in [3.05, 3.63) is 48.5 Å². The summed E-state index contributed by atoms with van der Waals surface area (Å²) in [6.45, 7) is 0. The molecule has 0 bridgehead atoms. The summed E-state index contributed by atoms with van der Waals surface area (Å²) >= 11 is 0. The first kappa shape index (κ1) is 8.97. The van der Waals surface area contributed by atoms with Crippen molar-refractivity contribution in [2.45, 2.75) is 0 Å². The normalized spacial score (nSPS) is 10.8. The van der Waals surface area contributed by atoms with Gasteiger partial charge in [0.25, 0.3) is 0 Å². The van der Waals surface area contributed by atoms with Gasteiger partial charge in [-0.05, 0) is 36.4 Å². The molecule has 0 saturated carbocycles. The quantitative estimate of drug-likeness (QED) is 0.672. The third-order valence-corrected chi connectivity index (χ3v) is 2.52. The minimum Gasteiger partial charge on any atom is -0.508 e. The van der Waals surface area contributed by atoms with Gasteiger partial charge in [0.2, 0.25) is 0 Å². The van der Waals surface area contributed by atoms with E-state index in [1.54, 1.807) is 12.1 Å². The number of aromatic hydroxyl groups is 1. The molecule has 0 saturated heterocycles. The van der Waals surface area contributed by atoms with Crippen LogP contribution in [0.1, 0.15) is 0 Å². The molecule has 0 radical (unpaired) electrons. The van der Waals surface area contributed by atoms with Crippen molar-refractivity contribution in [2.75, 3.05) is 0 Å². The van der Waals surface area contributed by atoms with E-state index in [2.05, 4.69) is 5.16 Å². The summed E-state index contributed by atoms with van der Waals surface area (Å²) in [7, 11) is 0. The van der Waals surface area contributed by atoms with Crippen molar-refractivity contribution in [3.63, 3.8) is 0 Å². The molecule has 1 N–H and O–H groups in total. The van der Waals surface area contributed by atoms with Crippen LogP contribution in [-0.4, -0.2) is 10.3 Å². The zero-order valence-corrected chi connectivity index (χ0v) is 8.42. The second-order valence-electron chi connectivity index (χ2n) is 3.57. The van der Waals surface area contributed by atoms with Gasteiger partial charge in [0.1, 0.15) is 11.4 Å². The Hall–Kier alpha value is -2.29. The maximum atomic E-state index is 9.22. The second-order valence-corrected chi connectivity index (χ2v) is 3.57. The zero-order valence-electron chi connectivity index (χ0n) is 8.42. The fourth-order valence-electron chi connectivity index (χ4n) is 1.71. The molecule has 3 aromatic rings. The molecule has 0 atom stereocenters. The summed E-state index contributed by atoms with van der Waals surface area (Å²) in [6, 6.07) is 14.6. The third-order valence-electron chi connectivity index (χ3n) is 2.52. The lowest BCUT2D eigenvalue weighted by Crippen LogP contribution is -1.77. The summed E-state index contributed by atoms with van der Waals surface area (Å²) in [5.41, 5.74) is 2.50. The first-order chi connectivity index (χ1) is 7.84. The molecule has 2 aromatic carbocycles. The van der Waals surface area contributed by atoms with Gasteiger partial charge in [-0.15, -0.1) is 0 Å². The molecular weight excluding hydrogens is 202 g/mol. The molecule has 0 aliphatic heterocycles. The summed E-state index contributed by atoms with van der Waals surface area (Å²) < 4.78 is 5.22. The fourth-order valence-corrected chi connectivity index (χ4v) is 1.71. The van der Waals surface area contributed by atoms with E-state index in [0.29, 0.717) is 0 Å². The van der Waals surface area contributed by atoms with E-state index in [-0.39, 0.29) is 5.75 Å². The lowest BCUT2D eigenvalue weighted by Gasteiger charge is -1.96. The van der Waals surface area contributed by atoms with Gasteiger partial charge in [0.05, 0.1) is 0 Å². The van der Waals surface area contributed by atoms with Crippen LogP contribution in [0.15, 0.2) is 53.1 Å². The maximum Gasteiger partial charge on any atom is 0.167 e. The Morgan fingerprint density at radius 3 is 2.50 bits per heavy atom. The highest BCUT2D eigenvalue weighted by atomic mass is 16.5. The van der Waals surface area contributed by atoms with E-state index < -0.39 is 0 Å². The minimum absolute atomic E-state index is 0.247. The second kappa shape index (κ2) is 3.38. The van der Waals surface area contributed by atoms with Crippen LogP contribution in [0.4, 0.5) is 0 Å². The molecule has 16 heavy (non-hydrogen) atoms. The van der Waals surface area contributed by atoms with Crippen molar-refractivity contribution in [1.82, 2.24) is 5.16 Å². The number of hydrogen-bond acceptors (Lipinski definition) is 3. The van der Waals surface area contributed by atoms with Crippen LogP contribution in [0.3, 0.4) is 0 Å². The van der Waals surface area contributed by atoms with E-state index in [1.807, 2.05) is 36.4 Å². The molecule has 3 nitrogen and oxygen atoms in total. The molecule has 0 amide bonds. The monoisotopic (exact) mass is 211 g/mol. The molecule has 3 heteroatoms. The van der Waals surface area contributed by atoms with Crippen molar-refractivity contribution in [2.24, 2.45) is 0 Å². The Morgan fingerprint density at radius 1 is 0.938 bits per heavy atom. The lowest BCUT2D eigenvalue weighted by atomic mass is 10.1. The molecule has 3 rings (SSSR count). The number of nitrogens with zero attached hydrogens (tertiary/aromatic N) is 1. The van der Waals surface area contributed by atoms with Crippen molar-refractivity contribution < 1.29 is 9.63 Å². The van der Waals surface area contributed by atoms with E-state index in [0.717, 1.165) is 22.2 Å². The number of rotatable bonds is 1. The zero-order chi connectivity index (χ0) is 11.0. The molecule has 1 aromatic heterocycles. The molecule has 1 heterocycles. The Balaban J connectivity index is 2.22. The molecule has 0 aliphatic rings. The molecule has 0 fully saturated rings. The third kappa shape index (κ3) is 1.34. The van der Waals surface area contributed by atoms with Gasteiger partial charge in [0.15, 0.2) is 5.58 Å². The predicted molar refractivity (Wildman–Crippen MR) is 61.1 cm³/mol. The van der Waals surface area contributed by atoms with Gasteiger partial charge in [-0.2, -0.15) is 0 Å². The molecule has 0 aliphatic carbocycles. The largest absolute Gasteiger partial charge is 0.508 e. The van der Waals surface area contributed by atoms with E-state index in [9.17, 15) is 5.11 Å².